The van der Waals surface area contributed by atoms with E-state index in [0.717, 1.165) is 22.9 Å². The molecule has 1 aromatic heterocycles. The summed E-state index contributed by atoms with van der Waals surface area (Å²) >= 11 is 0. The molecule has 118 valence electrons. The number of hydrogen-bond donors (Lipinski definition) is 0. The van der Waals surface area contributed by atoms with Gasteiger partial charge in [-0.15, -0.1) is 0 Å². The van der Waals surface area contributed by atoms with E-state index >= 15 is 0 Å². The average Bonchev–Trinajstić information content (AvgIpc) is 2.50. The highest BCUT2D eigenvalue weighted by Crippen LogP contribution is 2.14. The molecule has 1 amide bonds. The predicted molar refractivity (Wildman–Crippen MR) is 87.1 cm³/mol. The van der Waals surface area contributed by atoms with Gasteiger partial charge in [0.15, 0.2) is 9.84 Å². The third-order valence-electron chi connectivity index (χ3n) is 3.69. The van der Waals surface area contributed by atoms with Crippen molar-refractivity contribution in [3.63, 3.8) is 0 Å². The fourth-order valence-electron chi connectivity index (χ4n) is 2.18. The van der Waals surface area contributed by atoms with Crippen molar-refractivity contribution < 1.29 is 13.2 Å². The first-order chi connectivity index (χ1) is 10.3. The van der Waals surface area contributed by atoms with Gasteiger partial charge in [0.25, 0.3) is 0 Å². The monoisotopic (exact) mass is 320 g/mol. The van der Waals surface area contributed by atoms with E-state index in [4.69, 9.17) is 0 Å². The second kappa shape index (κ2) is 6.44. The summed E-state index contributed by atoms with van der Waals surface area (Å²) in [6.45, 7) is 4.00. The topological polar surface area (TPSA) is 67.3 Å². The van der Waals surface area contributed by atoms with Crippen LogP contribution in [0.1, 0.15) is 19.5 Å². The summed E-state index contributed by atoms with van der Waals surface area (Å²) in [5.41, 5.74) is 1.61. The Balaban J connectivity index is 2.23. The van der Waals surface area contributed by atoms with Crippen molar-refractivity contribution in [2.24, 2.45) is 0 Å². The van der Waals surface area contributed by atoms with Gasteiger partial charge in [0, 0.05) is 18.2 Å². The van der Waals surface area contributed by atoms with Crippen LogP contribution in [0.4, 0.5) is 0 Å². The van der Waals surface area contributed by atoms with Gasteiger partial charge in [-0.3, -0.25) is 9.78 Å². The van der Waals surface area contributed by atoms with Crippen LogP contribution in [0.2, 0.25) is 0 Å². The lowest BCUT2D eigenvalue weighted by Gasteiger charge is -2.23. The molecule has 0 fully saturated rings. The minimum atomic E-state index is -3.40. The predicted octanol–water partition coefficient (Wildman–Crippen LogP) is 2.02. The van der Waals surface area contributed by atoms with E-state index in [-0.39, 0.29) is 5.91 Å². The van der Waals surface area contributed by atoms with Crippen molar-refractivity contribution in [3.05, 3.63) is 42.1 Å². The first-order valence-electron chi connectivity index (χ1n) is 7.15. The second-order valence-corrected chi connectivity index (χ2v) is 7.69. The van der Waals surface area contributed by atoms with Gasteiger partial charge in [-0.05, 0) is 26.0 Å². The zero-order valence-corrected chi connectivity index (χ0v) is 13.8. The largest absolute Gasteiger partial charge is 0.336 e. The molecule has 0 saturated heterocycles. The number of aromatic nitrogens is 1. The van der Waals surface area contributed by atoms with Crippen LogP contribution in [-0.2, 0) is 21.2 Å². The number of sulfone groups is 1. The Morgan fingerprint density at radius 1 is 1.23 bits per heavy atom. The number of hydrogen-bond acceptors (Lipinski definition) is 4. The van der Waals surface area contributed by atoms with Gasteiger partial charge in [0.1, 0.15) is 5.25 Å². The van der Waals surface area contributed by atoms with Crippen LogP contribution in [0, 0.1) is 0 Å². The Morgan fingerprint density at radius 2 is 1.91 bits per heavy atom. The van der Waals surface area contributed by atoms with Crippen molar-refractivity contribution in [2.75, 3.05) is 12.8 Å². The molecule has 0 aliphatic carbocycles. The van der Waals surface area contributed by atoms with Gasteiger partial charge in [0.2, 0.25) is 5.91 Å². The molecule has 0 spiro atoms. The van der Waals surface area contributed by atoms with Crippen LogP contribution < -0.4 is 0 Å². The Bertz CT molecular complexity index is 787. The lowest BCUT2D eigenvalue weighted by atomic mass is 10.2. The number of carbonyl (C=O) groups is 1. The number of benzene rings is 1. The van der Waals surface area contributed by atoms with Crippen LogP contribution in [0.3, 0.4) is 0 Å². The first kappa shape index (κ1) is 16.4. The molecule has 1 heterocycles. The molecular weight excluding hydrogens is 300 g/mol. The van der Waals surface area contributed by atoms with Crippen molar-refractivity contribution in [2.45, 2.75) is 25.6 Å². The van der Waals surface area contributed by atoms with Crippen LogP contribution in [0.15, 0.2) is 36.4 Å². The van der Waals surface area contributed by atoms with Crippen molar-refractivity contribution in [1.82, 2.24) is 9.88 Å². The molecule has 2 aromatic rings. The summed E-state index contributed by atoms with van der Waals surface area (Å²) < 4.78 is 23.1. The minimum absolute atomic E-state index is 0.306. The number of amides is 1. The maximum atomic E-state index is 12.3. The van der Waals surface area contributed by atoms with E-state index in [9.17, 15) is 13.2 Å². The number of carbonyl (C=O) groups excluding carboxylic acids is 1. The fourth-order valence-corrected chi connectivity index (χ4v) is 2.69. The Hall–Kier alpha value is -1.95. The lowest BCUT2D eigenvalue weighted by Crippen LogP contribution is -2.40. The normalized spacial score (nSPS) is 13.0. The van der Waals surface area contributed by atoms with E-state index < -0.39 is 15.1 Å². The maximum absolute atomic E-state index is 12.3. The average molecular weight is 320 g/mol. The zero-order chi connectivity index (χ0) is 16.3. The highest BCUT2D eigenvalue weighted by atomic mass is 32.2. The highest BCUT2D eigenvalue weighted by Gasteiger charge is 2.27. The molecule has 2 rings (SSSR count). The summed E-state index contributed by atoms with van der Waals surface area (Å²) in [5.74, 6) is -0.389. The van der Waals surface area contributed by atoms with Gasteiger partial charge in [0.05, 0.1) is 17.8 Å². The van der Waals surface area contributed by atoms with Crippen molar-refractivity contribution in [1.29, 1.82) is 0 Å². The van der Waals surface area contributed by atoms with E-state index in [0.29, 0.717) is 13.1 Å². The smallest absolute Gasteiger partial charge is 0.240 e. The quantitative estimate of drug-likeness (QED) is 0.845. The summed E-state index contributed by atoms with van der Waals surface area (Å²) in [6, 6.07) is 11.6. The van der Waals surface area contributed by atoms with Crippen LogP contribution >= 0.6 is 0 Å². The number of pyridine rings is 1. The molecule has 0 aliphatic heterocycles. The maximum Gasteiger partial charge on any atom is 0.240 e. The van der Waals surface area contributed by atoms with Crippen LogP contribution in [0.5, 0.6) is 0 Å². The molecule has 0 N–H and O–H groups in total. The molecule has 0 saturated carbocycles. The fraction of sp³-hybridized carbons (Fsp3) is 0.375. The molecule has 1 aromatic carbocycles. The molecule has 0 radical (unpaired) electrons. The molecule has 0 bridgehead atoms. The number of nitrogens with zero attached hydrogens (tertiary/aromatic N) is 2. The SMILES string of the molecule is CCN(Cc1ccc2ccccc2n1)C(=O)[C@H](C)S(C)(=O)=O. The number of para-hydroxylation sites is 1. The van der Waals surface area contributed by atoms with Crippen LogP contribution in [-0.4, -0.2) is 42.3 Å². The van der Waals surface area contributed by atoms with E-state index in [1.54, 1.807) is 0 Å². The third-order valence-corrected chi connectivity index (χ3v) is 5.18. The first-order valence-corrected chi connectivity index (χ1v) is 9.10. The molecule has 5 nitrogen and oxygen atoms in total. The Labute approximate surface area is 130 Å². The molecular formula is C16H20N2O3S. The van der Waals surface area contributed by atoms with E-state index in [1.807, 2.05) is 43.3 Å². The lowest BCUT2D eigenvalue weighted by molar-refractivity contribution is -0.130. The Morgan fingerprint density at radius 3 is 2.55 bits per heavy atom. The third kappa shape index (κ3) is 3.62. The zero-order valence-electron chi connectivity index (χ0n) is 13.0. The summed E-state index contributed by atoms with van der Waals surface area (Å²) in [7, 11) is -3.40. The summed E-state index contributed by atoms with van der Waals surface area (Å²) in [6.07, 6.45) is 1.08. The van der Waals surface area contributed by atoms with Gasteiger partial charge < -0.3 is 4.90 Å². The second-order valence-electron chi connectivity index (χ2n) is 5.32. The summed E-state index contributed by atoms with van der Waals surface area (Å²) in [4.78, 5) is 18.3. The van der Waals surface area contributed by atoms with Crippen molar-refractivity contribution >= 4 is 26.6 Å². The standard InChI is InChI=1S/C16H20N2O3S/c1-4-18(16(19)12(2)22(3,20)21)11-14-10-9-13-7-5-6-8-15(13)17-14/h5-10,12H,4,11H2,1-3H3/t12-/m0/s1. The number of fused-ring (bicyclic) bond motifs is 1. The molecule has 0 aliphatic rings. The van der Waals surface area contributed by atoms with Crippen LogP contribution in [0.25, 0.3) is 10.9 Å². The molecule has 22 heavy (non-hydrogen) atoms. The highest BCUT2D eigenvalue weighted by molar-refractivity contribution is 7.92. The van der Waals surface area contributed by atoms with Gasteiger partial charge in [-0.1, -0.05) is 24.3 Å². The number of rotatable bonds is 5. The van der Waals surface area contributed by atoms with Gasteiger partial charge >= 0.3 is 0 Å². The molecule has 0 unspecified atom stereocenters. The van der Waals surface area contributed by atoms with E-state index in [2.05, 4.69) is 4.98 Å². The minimum Gasteiger partial charge on any atom is -0.336 e. The van der Waals surface area contributed by atoms with E-state index in [1.165, 1.54) is 11.8 Å². The van der Waals surface area contributed by atoms with Gasteiger partial charge in [-0.25, -0.2) is 8.42 Å². The summed E-state index contributed by atoms with van der Waals surface area (Å²) in [5, 5.41) is -0.00182. The molecule has 6 heteroatoms. The molecule has 1 atom stereocenters. The Kier molecular flexibility index (Phi) is 4.81. The van der Waals surface area contributed by atoms with Crippen molar-refractivity contribution in [3.8, 4) is 0 Å². The van der Waals surface area contributed by atoms with Gasteiger partial charge in [-0.2, -0.15) is 0 Å².